The molecule has 1 heterocycles. The van der Waals surface area contributed by atoms with Crippen molar-refractivity contribution in [1.82, 2.24) is 20.1 Å². The Labute approximate surface area is 150 Å². The maximum atomic E-state index is 13.1. The van der Waals surface area contributed by atoms with Crippen molar-refractivity contribution in [1.29, 1.82) is 0 Å². The van der Waals surface area contributed by atoms with Crippen molar-refractivity contribution >= 4 is 17.7 Å². The molecule has 0 saturated heterocycles. The minimum absolute atomic E-state index is 0.0217. The molecule has 1 aromatic heterocycles. The number of hydrogen-bond acceptors (Lipinski definition) is 4. The first-order valence-corrected chi connectivity index (χ1v) is 9.38. The zero-order valence-electron chi connectivity index (χ0n) is 13.9. The van der Waals surface area contributed by atoms with E-state index in [2.05, 4.69) is 22.1 Å². The summed E-state index contributed by atoms with van der Waals surface area (Å²) in [5.74, 6) is 0.665. The lowest BCUT2D eigenvalue weighted by Crippen LogP contribution is -2.33. The maximum Gasteiger partial charge on any atom is 0.230 e. The molecule has 0 bridgehead atoms. The van der Waals surface area contributed by atoms with Gasteiger partial charge in [0.05, 0.1) is 5.75 Å². The van der Waals surface area contributed by atoms with E-state index in [-0.39, 0.29) is 11.7 Å². The third-order valence-corrected chi connectivity index (χ3v) is 5.15. The van der Waals surface area contributed by atoms with E-state index in [1.165, 1.54) is 36.7 Å². The first-order valence-electron chi connectivity index (χ1n) is 8.39. The lowest BCUT2D eigenvalue weighted by Gasteiger charge is -2.12. The Morgan fingerprint density at radius 1 is 1.32 bits per heavy atom. The highest BCUT2D eigenvalue weighted by Crippen LogP contribution is 2.24. The second kappa shape index (κ2) is 8.29. The Morgan fingerprint density at radius 2 is 2.04 bits per heavy atom. The topological polar surface area (TPSA) is 59.8 Å². The van der Waals surface area contributed by atoms with Gasteiger partial charge in [0.1, 0.15) is 5.82 Å². The molecule has 132 valence electrons. The van der Waals surface area contributed by atoms with Crippen LogP contribution in [0.25, 0.3) is 11.4 Å². The predicted octanol–water partition coefficient (Wildman–Crippen LogP) is 3.42. The van der Waals surface area contributed by atoms with Gasteiger partial charge >= 0.3 is 0 Å². The molecule has 0 radical (unpaired) electrons. The number of nitrogens with zero attached hydrogens (tertiary/aromatic N) is 3. The van der Waals surface area contributed by atoms with Crippen LogP contribution in [-0.4, -0.2) is 32.5 Å². The van der Waals surface area contributed by atoms with Gasteiger partial charge in [0.15, 0.2) is 11.0 Å². The van der Waals surface area contributed by atoms with E-state index in [4.69, 9.17) is 0 Å². The van der Waals surface area contributed by atoms with E-state index in [1.807, 2.05) is 4.57 Å². The Balaban J connectivity index is 1.69. The molecule has 1 fully saturated rings. The van der Waals surface area contributed by atoms with E-state index < -0.39 is 0 Å². The molecule has 0 spiro atoms. The van der Waals surface area contributed by atoms with Crippen LogP contribution in [0.4, 0.5) is 4.39 Å². The van der Waals surface area contributed by atoms with Crippen molar-refractivity contribution < 1.29 is 9.18 Å². The first kappa shape index (κ1) is 17.7. The quantitative estimate of drug-likeness (QED) is 0.607. The summed E-state index contributed by atoms with van der Waals surface area (Å²) >= 11 is 1.35. The van der Waals surface area contributed by atoms with E-state index in [0.29, 0.717) is 29.3 Å². The number of benzene rings is 1. The summed E-state index contributed by atoms with van der Waals surface area (Å²) in [4.78, 5) is 12.1. The lowest BCUT2D eigenvalue weighted by atomic mass is 10.2. The molecule has 0 unspecified atom stereocenters. The van der Waals surface area contributed by atoms with Crippen LogP contribution in [-0.2, 0) is 11.3 Å². The van der Waals surface area contributed by atoms with Crippen molar-refractivity contribution in [2.45, 2.75) is 43.4 Å². The molecule has 1 amide bonds. The van der Waals surface area contributed by atoms with Crippen LogP contribution < -0.4 is 5.32 Å². The molecule has 0 atom stereocenters. The van der Waals surface area contributed by atoms with Gasteiger partial charge in [0.25, 0.3) is 0 Å². The number of allylic oxidation sites excluding steroid dienone is 1. The van der Waals surface area contributed by atoms with Gasteiger partial charge in [-0.2, -0.15) is 0 Å². The summed E-state index contributed by atoms with van der Waals surface area (Å²) in [5, 5.41) is 12.1. The third kappa shape index (κ3) is 4.48. The van der Waals surface area contributed by atoms with Crippen LogP contribution in [0.5, 0.6) is 0 Å². The zero-order chi connectivity index (χ0) is 17.6. The number of rotatable bonds is 7. The summed E-state index contributed by atoms with van der Waals surface area (Å²) in [6, 6.07) is 6.43. The minimum Gasteiger partial charge on any atom is -0.353 e. The summed E-state index contributed by atoms with van der Waals surface area (Å²) < 4.78 is 15.0. The Kier molecular flexibility index (Phi) is 5.86. The molecule has 25 heavy (non-hydrogen) atoms. The second-order valence-electron chi connectivity index (χ2n) is 6.05. The molecule has 1 aromatic carbocycles. The fourth-order valence-electron chi connectivity index (χ4n) is 2.97. The lowest BCUT2D eigenvalue weighted by molar-refractivity contribution is -0.119. The summed E-state index contributed by atoms with van der Waals surface area (Å²) in [5.41, 5.74) is 0.776. The van der Waals surface area contributed by atoms with Crippen molar-refractivity contribution in [3.63, 3.8) is 0 Å². The molecule has 1 saturated carbocycles. The van der Waals surface area contributed by atoms with Crippen LogP contribution in [0.15, 0.2) is 42.1 Å². The number of nitrogens with one attached hydrogen (secondary N) is 1. The van der Waals surface area contributed by atoms with Crippen molar-refractivity contribution in [2.75, 3.05) is 5.75 Å². The largest absolute Gasteiger partial charge is 0.353 e. The van der Waals surface area contributed by atoms with E-state index >= 15 is 0 Å². The van der Waals surface area contributed by atoms with Gasteiger partial charge in [-0.25, -0.2) is 4.39 Å². The zero-order valence-corrected chi connectivity index (χ0v) is 14.8. The Hall–Kier alpha value is -2.15. The summed E-state index contributed by atoms with van der Waals surface area (Å²) in [7, 11) is 0. The number of hydrogen-bond donors (Lipinski definition) is 1. The third-order valence-electron chi connectivity index (χ3n) is 4.18. The molecule has 1 aliphatic carbocycles. The molecule has 1 N–H and O–H groups in total. The fraction of sp³-hybridized carbons (Fsp3) is 0.389. The SMILES string of the molecule is C=CCn1c(SCC(=O)NC2CCCC2)nnc1-c1ccc(F)cc1. The molecule has 0 aliphatic heterocycles. The van der Waals surface area contributed by atoms with Gasteiger partial charge < -0.3 is 5.32 Å². The molecular weight excluding hydrogens is 339 g/mol. The Bertz CT molecular complexity index is 738. The standard InChI is InChI=1S/C18H21FN4OS/c1-2-11-23-17(13-7-9-14(19)10-8-13)21-22-18(23)25-12-16(24)20-15-5-3-4-6-15/h2,7-10,15H,1,3-6,11-12H2,(H,20,24). The van der Waals surface area contributed by atoms with E-state index in [1.54, 1.807) is 18.2 Å². The van der Waals surface area contributed by atoms with Gasteiger partial charge in [0, 0.05) is 18.2 Å². The predicted molar refractivity (Wildman–Crippen MR) is 96.7 cm³/mol. The average molecular weight is 360 g/mol. The minimum atomic E-state index is -0.295. The number of carbonyl (C=O) groups is 1. The monoisotopic (exact) mass is 360 g/mol. The second-order valence-corrected chi connectivity index (χ2v) is 6.99. The number of amides is 1. The summed E-state index contributed by atoms with van der Waals surface area (Å²) in [6.07, 6.45) is 6.26. The van der Waals surface area contributed by atoms with Crippen LogP contribution in [0, 0.1) is 5.82 Å². The smallest absolute Gasteiger partial charge is 0.230 e. The summed E-state index contributed by atoms with van der Waals surface area (Å²) in [6.45, 7) is 4.28. The van der Waals surface area contributed by atoms with Gasteiger partial charge in [-0.15, -0.1) is 16.8 Å². The number of halogens is 1. The number of thioether (sulfide) groups is 1. The van der Waals surface area contributed by atoms with Gasteiger partial charge in [-0.3, -0.25) is 9.36 Å². The first-order chi connectivity index (χ1) is 12.2. The molecule has 7 heteroatoms. The van der Waals surface area contributed by atoms with Gasteiger partial charge in [-0.05, 0) is 37.1 Å². The van der Waals surface area contributed by atoms with Crippen molar-refractivity contribution in [3.8, 4) is 11.4 Å². The van der Waals surface area contributed by atoms with E-state index in [9.17, 15) is 9.18 Å². The van der Waals surface area contributed by atoms with E-state index in [0.717, 1.165) is 18.4 Å². The number of carbonyl (C=O) groups excluding carboxylic acids is 1. The van der Waals surface area contributed by atoms with Crippen molar-refractivity contribution in [2.24, 2.45) is 0 Å². The highest BCUT2D eigenvalue weighted by atomic mass is 32.2. The molecule has 1 aliphatic rings. The Morgan fingerprint density at radius 3 is 2.72 bits per heavy atom. The highest BCUT2D eigenvalue weighted by Gasteiger charge is 2.19. The van der Waals surface area contributed by atoms with Crippen molar-refractivity contribution in [3.05, 3.63) is 42.7 Å². The van der Waals surface area contributed by atoms with Crippen LogP contribution in [0.1, 0.15) is 25.7 Å². The fourth-order valence-corrected chi connectivity index (χ4v) is 3.73. The molecule has 5 nitrogen and oxygen atoms in total. The van der Waals surface area contributed by atoms with Crippen LogP contribution in [0.2, 0.25) is 0 Å². The number of aromatic nitrogens is 3. The average Bonchev–Trinajstić information content (AvgIpc) is 3.24. The maximum absolute atomic E-state index is 13.1. The molecule has 2 aromatic rings. The van der Waals surface area contributed by atoms with Crippen LogP contribution >= 0.6 is 11.8 Å². The molecule has 3 rings (SSSR count). The molecular formula is C18H21FN4OS. The highest BCUT2D eigenvalue weighted by molar-refractivity contribution is 7.99. The van der Waals surface area contributed by atoms with Gasteiger partial charge in [-0.1, -0.05) is 30.7 Å². The van der Waals surface area contributed by atoms with Crippen LogP contribution in [0.3, 0.4) is 0 Å². The normalized spacial score (nSPS) is 14.6. The van der Waals surface area contributed by atoms with Gasteiger partial charge in [0.2, 0.25) is 5.91 Å².